The van der Waals surface area contributed by atoms with Gasteiger partial charge < -0.3 is 5.11 Å². The molecule has 1 N–H and O–H groups in total. The highest BCUT2D eigenvalue weighted by Gasteiger charge is 2.04. The first-order valence-corrected chi connectivity index (χ1v) is 3.57. The molecule has 1 aromatic heterocycles. The number of carbonyl (C=O) groups is 1. The van der Waals surface area contributed by atoms with Crippen molar-refractivity contribution < 1.29 is 14.3 Å². The van der Waals surface area contributed by atoms with Gasteiger partial charge in [-0.15, -0.1) is 11.3 Å². The summed E-state index contributed by atoms with van der Waals surface area (Å²) in [5.74, 6) is -2.73. The van der Waals surface area contributed by atoms with Crippen molar-refractivity contribution in [3.05, 3.63) is 22.4 Å². The van der Waals surface area contributed by atoms with Gasteiger partial charge in [0.05, 0.1) is 10.4 Å². The van der Waals surface area contributed by atoms with E-state index in [1.54, 1.807) is 0 Å². The number of halogens is 1. The molecule has 0 bridgehead atoms. The van der Waals surface area contributed by atoms with Crippen molar-refractivity contribution in [3.63, 3.8) is 0 Å². The third kappa shape index (κ3) is 2.12. The van der Waals surface area contributed by atoms with Gasteiger partial charge in [-0.25, -0.2) is 4.79 Å². The van der Waals surface area contributed by atoms with Crippen LogP contribution in [0.4, 0.5) is 4.39 Å². The first-order chi connectivity index (χ1) is 5.20. The minimum atomic E-state index is -1.56. The molecule has 11 heavy (non-hydrogen) atoms. The molecule has 5 heteroatoms. The van der Waals surface area contributed by atoms with Gasteiger partial charge in [-0.2, -0.15) is 4.39 Å². The third-order valence-corrected chi connectivity index (χ3v) is 1.65. The number of nitrogens with zero attached hydrogens (tertiary/aromatic N) is 1. The number of aromatic nitrogens is 1. The van der Waals surface area contributed by atoms with Gasteiger partial charge in [0.15, 0.2) is 0 Å². The standard InChI is InChI=1S/C6H4FNO2S/c7-5(6(9)10)1-4-2-8-3-11-4/h1-3H,(H,9,10). The quantitative estimate of drug-likeness (QED) is 0.690. The normalized spacial score (nSPS) is 11.5. The van der Waals surface area contributed by atoms with Crippen LogP contribution in [0.2, 0.25) is 0 Å². The summed E-state index contributed by atoms with van der Waals surface area (Å²) in [6.07, 6.45) is 2.33. The Labute approximate surface area is 65.8 Å². The van der Waals surface area contributed by atoms with Crippen LogP contribution in [-0.2, 0) is 4.79 Å². The Kier molecular flexibility index (Phi) is 2.32. The Morgan fingerprint density at radius 1 is 1.82 bits per heavy atom. The van der Waals surface area contributed by atoms with Crippen molar-refractivity contribution in [1.29, 1.82) is 0 Å². The summed E-state index contributed by atoms with van der Waals surface area (Å²) >= 11 is 1.18. The molecule has 1 rings (SSSR count). The summed E-state index contributed by atoms with van der Waals surface area (Å²) < 4.78 is 12.3. The van der Waals surface area contributed by atoms with E-state index < -0.39 is 11.8 Å². The molecule has 0 fully saturated rings. The Morgan fingerprint density at radius 2 is 2.55 bits per heavy atom. The van der Waals surface area contributed by atoms with Crippen molar-refractivity contribution in [1.82, 2.24) is 4.98 Å². The molecule has 0 saturated carbocycles. The second-order valence-corrected chi connectivity index (χ2v) is 2.62. The molecule has 0 spiro atoms. The maximum atomic E-state index is 12.3. The molecular formula is C6H4FNO2S. The summed E-state index contributed by atoms with van der Waals surface area (Å²) in [5.41, 5.74) is 1.50. The summed E-state index contributed by atoms with van der Waals surface area (Å²) in [4.78, 5) is 14.1. The van der Waals surface area contributed by atoms with Crippen LogP contribution in [0.5, 0.6) is 0 Å². The zero-order valence-electron chi connectivity index (χ0n) is 5.32. The molecule has 0 unspecified atom stereocenters. The maximum Gasteiger partial charge on any atom is 0.364 e. The molecule has 0 amide bonds. The van der Waals surface area contributed by atoms with Crippen LogP contribution >= 0.6 is 11.3 Å². The van der Waals surface area contributed by atoms with Gasteiger partial charge in [0.1, 0.15) is 0 Å². The molecule has 0 saturated heterocycles. The average Bonchev–Trinajstić information content (AvgIpc) is 2.39. The molecule has 0 aliphatic carbocycles. The zero-order chi connectivity index (χ0) is 8.27. The summed E-state index contributed by atoms with van der Waals surface area (Å²) in [6, 6.07) is 0. The van der Waals surface area contributed by atoms with Crippen molar-refractivity contribution in [2.75, 3.05) is 0 Å². The fraction of sp³-hybridized carbons (Fsp3) is 0. The van der Waals surface area contributed by atoms with Crippen LogP contribution in [0.1, 0.15) is 4.88 Å². The van der Waals surface area contributed by atoms with Gasteiger partial charge in [-0.05, 0) is 0 Å². The zero-order valence-corrected chi connectivity index (χ0v) is 6.14. The fourth-order valence-corrected chi connectivity index (χ4v) is 1.02. The second-order valence-electron chi connectivity index (χ2n) is 1.70. The van der Waals surface area contributed by atoms with E-state index in [1.807, 2.05) is 0 Å². The highest BCUT2D eigenvalue weighted by atomic mass is 32.1. The minimum Gasteiger partial charge on any atom is -0.476 e. The number of carboxylic acids is 1. The van der Waals surface area contributed by atoms with Gasteiger partial charge in [0.2, 0.25) is 5.83 Å². The lowest BCUT2D eigenvalue weighted by molar-refractivity contribution is -0.134. The monoisotopic (exact) mass is 173 g/mol. The van der Waals surface area contributed by atoms with Crippen molar-refractivity contribution in [2.45, 2.75) is 0 Å². The number of carboxylic acid groups (broad SMARTS) is 1. The van der Waals surface area contributed by atoms with Gasteiger partial charge >= 0.3 is 5.97 Å². The van der Waals surface area contributed by atoms with E-state index >= 15 is 0 Å². The van der Waals surface area contributed by atoms with Crippen LogP contribution in [0, 0.1) is 0 Å². The van der Waals surface area contributed by atoms with Crippen molar-refractivity contribution >= 4 is 23.4 Å². The maximum absolute atomic E-state index is 12.3. The molecule has 0 aromatic carbocycles. The average molecular weight is 173 g/mol. The lowest BCUT2D eigenvalue weighted by atomic mass is 10.4. The van der Waals surface area contributed by atoms with Gasteiger partial charge in [0, 0.05) is 12.3 Å². The van der Waals surface area contributed by atoms with Crippen LogP contribution in [-0.4, -0.2) is 16.1 Å². The third-order valence-electron chi connectivity index (χ3n) is 0.925. The Balaban J connectivity index is 2.82. The number of thiazole rings is 1. The van der Waals surface area contributed by atoms with Crippen molar-refractivity contribution in [2.24, 2.45) is 0 Å². The summed E-state index contributed by atoms with van der Waals surface area (Å²) in [6.45, 7) is 0. The van der Waals surface area contributed by atoms with E-state index in [4.69, 9.17) is 5.11 Å². The van der Waals surface area contributed by atoms with Crippen LogP contribution in [0.25, 0.3) is 6.08 Å². The highest BCUT2D eigenvalue weighted by molar-refractivity contribution is 7.10. The lowest BCUT2D eigenvalue weighted by Gasteiger charge is -1.84. The number of rotatable bonds is 2. The number of hydrogen-bond acceptors (Lipinski definition) is 3. The van der Waals surface area contributed by atoms with Gasteiger partial charge in [-0.1, -0.05) is 0 Å². The highest BCUT2D eigenvalue weighted by Crippen LogP contribution is 2.11. The van der Waals surface area contributed by atoms with Gasteiger partial charge in [0.25, 0.3) is 0 Å². The largest absolute Gasteiger partial charge is 0.476 e. The van der Waals surface area contributed by atoms with E-state index in [9.17, 15) is 9.18 Å². The Morgan fingerprint density at radius 3 is 3.00 bits per heavy atom. The summed E-state index contributed by atoms with van der Waals surface area (Å²) in [7, 11) is 0. The Hall–Kier alpha value is -1.23. The SMILES string of the molecule is O=C(O)C(F)=Cc1cncs1. The second kappa shape index (κ2) is 3.25. The minimum absolute atomic E-state index is 0.491. The molecule has 3 nitrogen and oxygen atoms in total. The predicted octanol–water partition coefficient (Wildman–Crippen LogP) is 1.54. The number of aliphatic carboxylic acids is 1. The van der Waals surface area contributed by atoms with E-state index in [1.165, 1.54) is 23.0 Å². The number of hydrogen-bond donors (Lipinski definition) is 1. The van der Waals surface area contributed by atoms with E-state index in [2.05, 4.69) is 4.98 Å². The Bertz CT molecular complexity index is 281. The van der Waals surface area contributed by atoms with Crippen LogP contribution in [0.15, 0.2) is 17.5 Å². The molecule has 0 aliphatic rings. The molecule has 1 heterocycles. The fourth-order valence-electron chi connectivity index (χ4n) is 0.484. The van der Waals surface area contributed by atoms with E-state index in [0.717, 1.165) is 6.08 Å². The van der Waals surface area contributed by atoms with Crippen molar-refractivity contribution in [3.8, 4) is 0 Å². The molecule has 0 aliphatic heterocycles. The lowest BCUT2D eigenvalue weighted by Crippen LogP contribution is -1.93. The predicted molar refractivity (Wildman–Crippen MR) is 38.8 cm³/mol. The van der Waals surface area contributed by atoms with E-state index in [0.29, 0.717) is 4.88 Å². The first kappa shape index (κ1) is 7.87. The topological polar surface area (TPSA) is 50.2 Å². The molecule has 1 aromatic rings. The summed E-state index contributed by atoms with van der Waals surface area (Å²) in [5, 5.41) is 8.12. The smallest absolute Gasteiger partial charge is 0.364 e. The molecular weight excluding hydrogens is 169 g/mol. The van der Waals surface area contributed by atoms with Gasteiger partial charge in [-0.3, -0.25) is 4.98 Å². The molecule has 0 atom stereocenters. The molecule has 0 radical (unpaired) electrons. The van der Waals surface area contributed by atoms with Crippen LogP contribution in [0.3, 0.4) is 0 Å². The first-order valence-electron chi connectivity index (χ1n) is 2.69. The van der Waals surface area contributed by atoms with E-state index in [-0.39, 0.29) is 0 Å². The molecule has 58 valence electrons. The van der Waals surface area contributed by atoms with Crippen LogP contribution < -0.4 is 0 Å².